The highest BCUT2D eigenvalue weighted by Crippen LogP contribution is 2.31. The van der Waals surface area contributed by atoms with Gasteiger partial charge < -0.3 is 19.7 Å². The average Bonchev–Trinajstić information content (AvgIpc) is 2.59. The maximum absolute atomic E-state index is 12.0. The molecule has 1 aliphatic heterocycles. The summed E-state index contributed by atoms with van der Waals surface area (Å²) in [5.74, 6) is -0.161. The Hall–Kier alpha value is -2.57. The van der Waals surface area contributed by atoms with Gasteiger partial charge in [-0.3, -0.25) is 14.4 Å². The van der Waals surface area contributed by atoms with Crippen LogP contribution in [0.1, 0.15) is 27.2 Å². The molecule has 2 amide bonds. The Morgan fingerprint density at radius 3 is 2.72 bits per heavy atom. The fourth-order valence-electron chi connectivity index (χ4n) is 2.28. The summed E-state index contributed by atoms with van der Waals surface area (Å²) in [6, 6.07) is 7.16. The summed E-state index contributed by atoms with van der Waals surface area (Å²) in [5.41, 5.74) is 0.634. The van der Waals surface area contributed by atoms with Crippen molar-refractivity contribution in [2.24, 2.45) is 5.92 Å². The van der Waals surface area contributed by atoms with Gasteiger partial charge in [-0.25, -0.2) is 0 Å². The minimum Gasteiger partial charge on any atom is -0.482 e. The van der Waals surface area contributed by atoms with Gasteiger partial charge in [0.2, 0.25) is 0 Å². The topological polar surface area (TPSA) is 84.9 Å². The largest absolute Gasteiger partial charge is 0.482 e. The molecule has 136 valence electrons. The standard InChI is InChI=1S/C18H24N2O5/c1-12(2)13(3)19-16(21)10-25-18(23)8-9-20-14-6-4-5-7-15(14)24-11-17(20)22/h4-7,12-13H,8-11H2,1-3H3,(H,19,21)/t13-/m1/s1. The number of anilines is 1. The molecule has 1 heterocycles. The Labute approximate surface area is 147 Å². The van der Waals surface area contributed by atoms with Crippen LogP contribution in [0, 0.1) is 5.92 Å². The van der Waals surface area contributed by atoms with Crippen molar-refractivity contribution in [2.75, 3.05) is 24.7 Å². The highest BCUT2D eigenvalue weighted by Gasteiger charge is 2.25. The van der Waals surface area contributed by atoms with Crippen LogP contribution < -0.4 is 15.0 Å². The molecule has 1 aromatic rings. The van der Waals surface area contributed by atoms with E-state index in [0.29, 0.717) is 17.4 Å². The molecule has 0 fully saturated rings. The maximum Gasteiger partial charge on any atom is 0.308 e. The van der Waals surface area contributed by atoms with Gasteiger partial charge in [-0.05, 0) is 25.0 Å². The molecule has 25 heavy (non-hydrogen) atoms. The number of hydrogen-bond donors (Lipinski definition) is 1. The maximum atomic E-state index is 12.0. The van der Waals surface area contributed by atoms with Crippen LogP contribution in [0.25, 0.3) is 0 Å². The molecule has 0 saturated carbocycles. The summed E-state index contributed by atoms with van der Waals surface area (Å²) in [5, 5.41) is 2.76. The third-order valence-corrected chi connectivity index (χ3v) is 4.10. The van der Waals surface area contributed by atoms with E-state index in [2.05, 4.69) is 5.32 Å². The first-order valence-corrected chi connectivity index (χ1v) is 8.35. The van der Waals surface area contributed by atoms with E-state index in [-0.39, 0.29) is 44.0 Å². The number of benzene rings is 1. The van der Waals surface area contributed by atoms with Crippen LogP contribution in [-0.2, 0) is 19.1 Å². The van der Waals surface area contributed by atoms with Gasteiger partial charge in [0.25, 0.3) is 11.8 Å². The summed E-state index contributed by atoms with van der Waals surface area (Å²) < 4.78 is 10.3. The molecule has 1 N–H and O–H groups in total. The molecule has 0 spiro atoms. The quantitative estimate of drug-likeness (QED) is 0.755. The summed E-state index contributed by atoms with van der Waals surface area (Å²) in [6.45, 7) is 5.70. The monoisotopic (exact) mass is 348 g/mol. The van der Waals surface area contributed by atoms with Crippen LogP contribution in [-0.4, -0.2) is 43.6 Å². The lowest BCUT2D eigenvalue weighted by molar-refractivity contribution is -0.148. The van der Waals surface area contributed by atoms with Crippen LogP contribution in [0.3, 0.4) is 0 Å². The molecule has 0 saturated heterocycles. The molecular formula is C18H24N2O5. The van der Waals surface area contributed by atoms with E-state index in [9.17, 15) is 14.4 Å². The van der Waals surface area contributed by atoms with Crippen LogP contribution in [0.4, 0.5) is 5.69 Å². The van der Waals surface area contributed by atoms with E-state index < -0.39 is 5.97 Å². The first-order valence-electron chi connectivity index (χ1n) is 8.35. The number of esters is 1. The summed E-state index contributed by atoms with van der Waals surface area (Å²) in [6.07, 6.45) is 0.00703. The van der Waals surface area contributed by atoms with Crippen molar-refractivity contribution >= 4 is 23.5 Å². The third-order valence-electron chi connectivity index (χ3n) is 4.10. The second-order valence-corrected chi connectivity index (χ2v) is 6.31. The zero-order valence-corrected chi connectivity index (χ0v) is 14.8. The highest BCUT2D eigenvalue weighted by atomic mass is 16.5. The lowest BCUT2D eigenvalue weighted by atomic mass is 10.1. The Morgan fingerprint density at radius 1 is 1.28 bits per heavy atom. The van der Waals surface area contributed by atoms with E-state index >= 15 is 0 Å². The van der Waals surface area contributed by atoms with E-state index in [0.717, 1.165) is 0 Å². The Bertz CT molecular complexity index is 644. The summed E-state index contributed by atoms with van der Waals surface area (Å²) in [4.78, 5) is 37.1. The molecule has 7 nitrogen and oxygen atoms in total. The van der Waals surface area contributed by atoms with Gasteiger partial charge in [-0.1, -0.05) is 26.0 Å². The number of nitrogens with zero attached hydrogens (tertiary/aromatic N) is 1. The number of ether oxygens (including phenoxy) is 2. The van der Waals surface area contributed by atoms with Gasteiger partial charge >= 0.3 is 5.97 Å². The third kappa shape index (κ3) is 5.20. The zero-order chi connectivity index (χ0) is 18.4. The van der Waals surface area contributed by atoms with Crippen molar-refractivity contribution in [3.8, 4) is 5.75 Å². The SMILES string of the molecule is CC(C)[C@@H](C)NC(=O)COC(=O)CCN1C(=O)COc2ccccc21. The van der Waals surface area contributed by atoms with E-state index in [1.54, 1.807) is 18.2 Å². The van der Waals surface area contributed by atoms with Crippen LogP contribution in [0.15, 0.2) is 24.3 Å². The van der Waals surface area contributed by atoms with Crippen molar-refractivity contribution in [1.82, 2.24) is 5.32 Å². The molecule has 1 atom stereocenters. The number of fused-ring (bicyclic) bond motifs is 1. The number of nitrogens with one attached hydrogen (secondary N) is 1. The molecule has 0 bridgehead atoms. The van der Waals surface area contributed by atoms with E-state index in [4.69, 9.17) is 9.47 Å². The summed E-state index contributed by atoms with van der Waals surface area (Å²) in [7, 11) is 0. The second kappa shape index (κ2) is 8.50. The normalized spacial score (nSPS) is 14.6. The first-order chi connectivity index (χ1) is 11.9. The highest BCUT2D eigenvalue weighted by molar-refractivity contribution is 5.98. The molecule has 0 aliphatic carbocycles. The predicted octanol–water partition coefficient (Wildman–Crippen LogP) is 1.51. The fourth-order valence-corrected chi connectivity index (χ4v) is 2.28. The van der Waals surface area contributed by atoms with Crippen molar-refractivity contribution < 1.29 is 23.9 Å². The van der Waals surface area contributed by atoms with Crippen LogP contribution in [0.5, 0.6) is 5.75 Å². The molecule has 1 aromatic carbocycles. The minimum absolute atomic E-state index is 0.00703. The van der Waals surface area contributed by atoms with Gasteiger partial charge in [-0.2, -0.15) is 0 Å². The van der Waals surface area contributed by atoms with Crippen LogP contribution >= 0.6 is 0 Å². The number of amides is 2. The van der Waals surface area contributed by atoms with E-state index in [1.807, 2.05) is 26.8 Å². The smallest absolute Gasteiger partial charge is 0.308 e. The lowest BCUT2D eigenvalue weighted by Gasteiger charge is -2.28. The Morgan fingerprint density at radius 2 is 2.00 bits per heavy atom. The average molecular weight is 348 g/mol. The Balaban J connectivity index is 1.80. The zero-order valence-electron chi connectivity index (χ0n) is 14.8. The molecular weight excluding hydrogens is 324 g/mol. The molecule has 0 radical (unpaired) electrons. The van der Waals surface area contributed by atoms with Gasteiger partial charge in [0.1, 0.15) is 5.75 Å². The van der Waals surface area contributed by atoms with Gasteiger partial charge in [0.15, 0.2) is 13.2 Å². The number of hydrogen-bond acceptors (Lipinski definition) is 5. The number of para-hydroxylation sites is 2. The second-order valence-electron chi connectivity index (χ2n) is 6.31. The van der Waals surface area contributed by atoms with Gasteiger partial charge in [-0.15, -0.1) is 0 Å². The molecule has 0 unspecified atom stereocenters. The number of carbonyl (C=O) groups excluding carboxylic acids is 3. The molecule has 7 heteroatoms. The van der Waals surface area contributed by atoms with Crippen molar-refractivity contribution in [1.29, 1.82) is 0 Å². The molecule has 0 aromatic heterocycles. The van der Waals surface area contributed by atoms with Crippen molar-refractivity contribution in [3.05, 3.63) is 24.3 Å². The Kier molecular flexibility index (Phi) is 6.38. The lowest BCUT2D eigenvalue weighted by Crippen LogP contribution is -2.41. The van der Waals surface area contributed by atoms with Crippen LogP contribution in [0.2, 0.25) is 0 Å². The van der Waals surface area contributed by atoms with Crippen molar-refractivity contribution in [2.45, 2.75) is 33.2 Å². The molecule has 2 rings (SSSR count). The summed E-state index contributed by atoms with van der Waals surface area (Å²) >= 11 is 0. The first kappa shape index (κ1) is 18.8. The molecule has 1 aliphatic rings. The van der Waals surface area contributed by atoms with Gasteiger partial charge in [0, 0.05) is 12.6 Å². The minimum atomic E-state index is -0.524. The van der Waals surface area contributed by atoms with Gasteiger partial charge in [0.05, 0.1) is 12.1 Å². The predicted molar refractivity (Wildman–Crippen MR) is 92.3 cm³/mol. The fraction of sp³-hybridized carbons (Fsp3) is 0.500. The van der Waals surface area contributed by atoms with E-state index in [1.165, 1.54) is 4.90 Å². The van der Waals surface area contributed by atoms with Crippen molar-refractivity contribution in [3.63, 3.8) is 0 Å². The number of carbonyl (C=O) groups is 3. The number of rotatable bonds is 7.